The van der Waals surface area contributed by atoms with E-state index in [1.807, 2.05) is 38.1 Å². The molecule has 56 heavy (non-hydrogen) atoms. The van der Waals surface area contributed by atoms with Gasteiger partial charge in [0.2, 0.25) is 0 Å². The van der Waals surface area contributed by atoms with Crippen molar-refractivity contribution in [1.29, 1.82) is 0 Å². The zero-order chi connectivity index (χ0) is 42.4. The molecule has 11 heteroatoms. The van der Waals surface area contributed by atoms with Crippen molar-refractivity contribution in [2.75, 3.05) is 12.4 Å². The van der Waals surface area contributed by atoms with Crippen LogP contribution in [0.3, 0.4) is 0 Å². The fourth-order valence-corrected chi connectivity index (χ4v) is 10.0. The molecule has 0 fully saturated rings. The minimum Gasteiger partial charge on any atom is -0.494 e. The lowest BCUT2D eigenvalue weighted by Gasteiger charge is -2.40. The van der Waals surface area contributed by atoms with Gasteiger partial charge < -0.3 is 23.4 Å². The normalized spacial score (nSPS) is 17.8. The van der Waals surface area contributed by atoms with Gasteiger partial charge in [0.1, 0.15) is 11.5 Å². The number of unbranched alkanes of at least 4 members (excludes halogenated alkanes) is 5. The van der Waals surface area contributed by atoms with Crippen LogP contribution >= 0.6 is 23.4 Å². The first-order chi connectivity index (χ1) is 25.9. The topological polar surface area (TPSA) is 91.3 Å². The Kier molecular flexibility index (Phi) is 20.5. The van der Waals surface area contributed by atoms with E-state index in [4.69, 9.17) is 35.0 Å². The number of thioether (sulfide) groups is 1. The van der Waals surface area contributed by atoms with E-state index in [2.05, 4.69) is 86.8 Å². The number of carbonyl (C=O) groups excluding carboxylic acids is 1. The number of carboxylic acid groups (broad SMARTS) is 1. The first-order valence-corrected chi connectivity index (χ1v) is 28.3. The summed E-state index contributed by atoms with van der Waals surface area (Å²) in [6, 6.07) is 7.36. The predicted octanol–water partition coefficient (Wildman–Crippen LogP) is 14.0. The van der Waals surface area contributed by atoms with E-state index >= 15 is 0 Å². The molecular formula is C45H77ClO7SSi2. The number of benzene rings is 1. The molecule has 1 aromatic carbocycles. The number of ether oxygens (including phenoxy) is 2. The third-order valence-electron chi connectivity index (χ3n) is 11.8. The van der Waals surface area contributed by atoms with Gasteiger partial charge >= 0.3 is 11.9 Å². The van der Waals surface area contributed by atoms with Gasteiger partial charge in [0.25, 0.3) is 0 Å². The fourth-order valence-electron chi connectivity index (χ4n) is 5.98. The highest BCUT2D eigenvalue weighted by Crippen LogP contribution is 2.48. The molecule has 1 aromatic rings. The third-order valence-corrected chi connectivity index (χ3v) is 22.4. The van der Waals surface area contributed by atoms with Crippen molar-refractivity contribution in [3.63, 3.8) is 0 Å². The van der Waals surface area contributed by atoms with E-state index in [-0.39, 0.29) is 40.6 Å². The van der Waals surface area contributed by atoms with E-state index in [9.17, 15) is 9.59 Å². The van der Waals surface area contributed by atoms with Crippen LogP contribution in [0.25, 0.3) is 0 Å². The quantitative estimate of drug-likeness (QED) is 0.0450. The average molecular weight is 854 g/mol. The van der Waals surface area contributed by atoms with Gasteiger partial charge in [-0.2, -0.15) is 0 Å². The monoisotopic (exact) mass is 852 g/mol. The van der Waals surface area contributed by atoms with Crippen LogP contribution in [0.4, 0.5) is 0 Å². The number of hydrogen-bond donors (Lipinski definition) is 1. The maximum Gasteiger partial charge on any atom is 0.316 e. The van der Waals surface area contributed by atoms with Gasteiger partial charge in [0.15, 0.2) is 16.6 Å². The Morgan fingerprint density at radius 3 is 2.12 bits per heavy atom. The van der Waals surface area contributed by atoms with Crippen molar-refractivity contribution in [2.45, 2.75) is 188 Å². The minimum atomic E-state index is -2.21. The predicted molar refractivity (Wildman–Crippen MR) is 242 cm³/mol. The van der Waals surface area contributed by atoms with Crippen molar-refractivity contribution in [3.8, 4) is 5.75 Å². The molecule has 0 saturated heterocycles. The molecule has 1 aliphatic carbocycles. The van der Waals surface area contributed by atoms with Crippen molar-refractivity contribution in [3.05, 3.63) is 52.1 Å². The SMILES string of the molecule is CCCCC[C@@H](C=C[C@@H]1C(SCCCCCC(=O)O)=C(OC(=O)C(C)(C)CCCCOc2ccc(Cl)cc2)C[C@H]1O[Si](C)(C)C(C)(C)C)O[Si](C)(C)C(C)(C)C. The molecule has 320 valence electrons. The van der Waals surface area contributed by atoms with Crippen molar-refractivity contribution in [2.24, 2.45) is 11.3 Å². The number of hydrogen-bond acceptors (Lipinski definition) is 7. The summed E-state index contributed by atoms with van der Waals surface area (Å²) in [5.41, 5.74) is -0.690. The van der Waals surface area contributed by atoms with Gasteiger partial charge in [-0.05, 0) is 119 Å². The lowest BCUT2D eigenvalue weighted by molar-refractivity contribution is -0.150. The minimum absolute atomic E-state index is 0.00549. The Bertz CT molecular complexity index is 1430. The Labute approximate surface area is 352 Å². The van der Waals surface area contributed by atoms with E-state index in [0.29, 0.717) is 30.9 Å². The Morgan fingerprint density at radius 1 is 0.893 bits per heavy atom. The summed E-state index contributed by atoms with van der Waals surface area (Å²) < 4.78 is 26.6. The lowest BCUT2D eigenvalue weighted by Crippen LogP contribution is -2.45. The number of rotatable bonds is 25. The van der Waals surface area contributed by atoms with Crippen LogP contribution in [-0.2, 0) is 23.2 Å². The van der Waals surface area contributed by atoms with Gasteiger partial charge in [-0.15, -0.1) is 11.8 Å². The molecule has 0 aromatic heterocycles. The second kappa shape index (κ2) is 22.7. The summed E-state index contributed by atoms with van der Waals surface area (Å²) in [5.74, 6) is 1.25. The number of carbonyl (C=O) groups is 2. The molecule has 0 spiro atoms. The summed E-state index contributed by atoms with van der Waals surface area (Å²) in [6.45, 7) is 29.6. The largest absolute Gasteiger partial charge is 0.494 e. The molecule has 1 N–H and O–H groups in total. The molecule has 0 aliphatic heterocycles. The van der Waals surface area contributed by atoms with Crippen molar-refractivity contribution < 1.29 is 33.0 Å². The van der Waals surface area contributed by atoms with E-state index in [1.165, 1.54) is 6.42 Å². The number of carboxylic acids is 1. The van der Waals surface area contributed by atoms with Gasteiger partial charge in [0.05, 0.1) is 24.2 Å². The molecule has 3 atom stereocenters. The van der Waals surface area contributed by atoms with Gasteiger partial charge in [-0.1, -0.05) is 97.9 Å². The Balaban J connectivity index is 2.43. The zero-order valence-electron chi connectivity index (χ0n) is 37.3. The highest BCUT2D eigenvalue weighted by atomic mass is 35.5. The van der Waals surface area contributed by atoms with Gasteiger partial charge in [-0.25, -0.2) is 0 Å². The molecule has 2 rings (SSSR count). The van der Waals surface area contributed by atoms with Crippen LogP contribution in [-0.4, -0.2) is 58.2 Å². The summed E-state index contributed by atoms with van der Waals surface area (Å²) in [7, 11) is -4.27. The van der Waals surface area contributed by atoms with Crippen LogP contribution in [0.15, 0.2) is 47.1 Å². The average Bonchev–Trinajstić information content (AvgIpc) is 3.38. The lowest BCUT2D eigenvalue weighted by atomic mass is 9.87. The summed E-state index contributed by atoms with van der Waals surface area (Å²) in [5, 5.41) is 9.94. The van der Waals surface area contributed by atoms with Crippen LogP contribution in [0.5, 0.6) is 5.75 Å². The van der Waals surface area contributed by atoms with Crippen LogP contribution in [0.1, 0.15) is 139 Å². The fraction of sp³-hybridized carbons (Fsp3) is 0.733. The molecule has 7 nitrogen and oxygen atoms in total. The van der Waals surface area contributed by atoms with E-state index < -0.39 is 28.0 Å². The Morgan fingerprint density at radius 2 is 1.54 bits per heavy atom. The second-order valence-corrected chi connectivity index (χ2v) is 30.4. The van der Waals surface area contributed by atoms with Crippen LogP contribution < -0.4 is 4.74 Å². The van der Waals surface area contributed by atoms with Gasteiger partial charge in [0, 0.05) is 28.7 Å². The number of esters is 1. The molecule has 0 bridgehead atoms. The number of halogens is 1. The van der Waals surface area contributed by atoms with Gasteiger partial charge in [-0.3, -0.25) is 9.59 Å². The molecule has 0 radical (unpaired) electrons. The van der Waals surface area contributed by atoms with Crippen LogP contribution in [0, 0.1) is 11.3 Å². The first kappa shape index (κ1) is 50.6. The summed E-state index contributed by atoms with van der Waals surface area (Å²) >= 11 is 7.75. The molecule has 0 saturated carbocycles. The number of aliphatic carboxylic acids is 1. The maximum absolute atomic E-state index is 14.1. The molecule has 0 unspecified atom stereocenters. The van der Waals surface area contributed by atoms with Crippen molar-refractivity contribution in [1.82, 2.24) is 0 Å². The zero-order valence-corrected chi connectivity index (χ0v) is 40.9. The second-order valence-electron chi connectivity index (χ2n) is 19.3. The molecular weight excluding hydrogens is 776 g/mol. The first-order valence-electron chi connectivity index (χ1n) is 21.1. The summed E-state index contributed by atoms with van der Waals surface area (Å²) in [4.78, 5) is 26.3. The van der Waals surface area contributed by atoms with Crippen LogP contribution in [0.2, 0.25) is 41.3 Å². The van der Waals surface area contributed by atoms with Crippen molar-refractivity contribution >= 4 is 51.9 Å². The smallest absolute Gasteiger partial charge is 0.316 e. The molecule has 0 amide bonds. The van der Waals surface area contributed by atoms with E-state index in [1.54, 1.807) is 11.8 Å². The third kappa shape index (κ3) is 17.0. The molecule has 0 heterocycles. The highest BCUT2D eigenvalue weighted by molar-refractivity contribution is 8.03. The highest BCUT2D eigenvalue weighted by Gasteiger charge is 2.46. The summed E-state index contributed by atoms with van der Waals surface area (Å²) in [6.07, 6.45) is 14.2. The maximum atomic E-state index is 14.1. The Hall–Kier alpha value is -1.57. The standard InChI is InChI=1S/C45H77ClO7SSi2/c1-14-15-17-22-36(52-55(10,11)43(2,3)4)28-29-37-38(53-56(12,13)44(5,6)7)33-39(41(37)54-32-21-16-18-23-40(47)48)51-42(49)45(8,9)30-19-20-31-50-35-26-24-34(46)25-27-35/h24-29,36-38H,14-23,30-33H2,1-13H3,(H,47,48)/t36-,37-,38+/m0/s1. The molecule has 1 aliphatic rings. The van der Waals surface area contributed by atoms with E-state index in [0.717, 1.165) is 67.1 Å².